The van der Waals surface area contributed by atoms with Crippen LogP contribution in [0.1, 0.15) is 18.5 Å². The van der Waals surface area contributed by atoms with Crippen molar-refractivity contribution in [3.63, 3.8) is 0 Å². The van der Waals surface area contributed by atoms with Gasteiger partial charge in [-0.15, -0.1) is 0 Å². The lowest BCUT2D eigenvalue weighted by Gasteiger charge is -2.37. The second-order valence-corrected chi connectivity index (χ2v) is 5.09. The molecule has 7 heteroatoms. The number of amides is 1. The van der Waals surface area contributed by atoms with Crippen LogP contribution in [0.5, 0.6) is 0 Å². The number of halogens is 1. The monoisotopic (exact) mass is 308 g/mol. The smallest absolute Gasteiger partial charge is 0.410 e. The third-order valence-corrected chi connectivity index (χ3v) is 3.81. The van der Waals surface area contributed by atoms with Gasteiger partial charge in [-0.2, -0.15) is 4.39 Å². The van der Waals surface area contributed by atoms with Crippen LogP contribution < -0.4 is 0 Å². The van der Waals surface area contributed by atoms with Crippen LogP contribution in [0.3, 0.4) is 0 Å². The van der Waals surface area contributed by atoms with Crippen molar-refractivity contribution in [2.75, 3.05) is 19.7 Å². The second-order valence-electron chi connectivity index (χ2n) is 5.09. The molecule has 1 fully saturated rings. The summed E-state index contributed by atoms with van der Waals surface area (Å²) in [6.45, 7) is 3.97. The van der Waals surface area contributed by atoms with E-state index in [-0.39, 0.29) is 38.2 Å². The molecule has 1 aliphatic heterocycles. The summed E-state index contributed by atoms with van der Waals surface area (Å²) in [7, 11) is 0. The van der Waals surface area contributed by atoms with Crippen LogP contribution in [0.2, 0.25) is 0 Å². The molecule has 2 heterocycles. The van der Waals surface area contributed by atoms with E-state index in [4.69, 9.17) is 4.74 Å². The van der Waals surface area contributed by atoms with Crippen molar-refractivity contribution < 1.29 is 23.8 Å². The summed E-state index contributed by atoms with van der Waals surface area (Å²) in [6, 6.07) is 4.11. The highest BCUT2D eigenvalue weighted by Gasteiger charge is 2.45. The van der Waals surface area contributed by atoms with Gasteiger partial charge in [0.25, 0.3) is 0 Å². The first-order chi connectivity index (χ1) is 10.5. The fraction of sp³-hybridized carbons (Fsp3) is 0.400. The molecule has 22 heavy (non-hydrogen) atoms. The number of pyridine rings is 1. The predicted molar refractivity (Wildman–Crippen MR) is 75.9 cm³/mol. The quantitative estimate of drug-likeness (QED) is 0.679. The van der Waals surface area contributed by atoms with Gasteiger partial charge in [-0.25, -0.2) is 9.78 Å². The van der Waals surface area contributed by atoms with E-state index in [0.29, 0.717) is 0 Å². The van der Waals surface area contributed by atoms with Crippen LogP contribution in [0.25, 0.3) is 0 Å². The molecule has 0 radical (unpaired) electrons. The van der Waals surface area contributed by atoms with E-state index in [9.17, 15) is 19.1 Å². The van der Waals surface area contributed by atoms with Crippen LogP contribution in [-0.4, -0.2) is 46.7 Å². The zero-order chi connectivity index (χ0) is 16.2. The van der Waals surface area contributed by atoms with Gasteiger partial charge >= 0.3 is 12.1 Å². The van der Waals surface area contributed by atoms with Gasteiger partial charge in [0.05, 0.1) is 5.69 Å². The van der Waals surface area contributed by atoms with Crippen molar-refractivity contribution in [1.29, 1.82) is 0 Å². The molecule has 0 aliphatic carbocycles. The Morgan fingerprint density at radius 2 is 2.14 bits per heavy atom. The molecule has 1 N–H and O–H groups in total. The van der Waals surface area contributed by atoms with Gasteiger partial charge in [0.1, 0.15) is 12.0 Å². The highest BCUT2D eigenvalue weighted by Crippen LogP contribution is 2.35. The first kappa shape index (κ1) is 15.9. The minimum atomic E-state index is -1.28. The molecule has 1 saturated heterocycles. The topological polar surface area (TPSA) is 79.7 Å². The van der Waals surface area contributed by atoms with Crippen molar-refractivity contribution in [3.8, 4) is 0 Å². The first-order valence-corrected chi connectivity index (χ1v) is 6.88. The van der Waals surface area contributed by atoms with Gasteiger partial charge in [0.2, 0.25) is 5.95 Å². The molecule has 0 bridgehead atoms. The average molecular weight is 308 g/mol. The number of rotatable bonds is 4. The Morgan fingerprint density at radius 1 is 1.45 bits per heavy atom. The number of aliphatic carboxylic acids is 1. The number of carboxylic acid groups (broad SMARTS) is 1. The SMILES string of the molecule is C=CCOC(=O)N1CCC(C(=O)O)(c2cccc(F)n2)CC1. The van der Waals surface area contributed by atoms with Crippen LogP contribution in [0, 0.1) is 5.95 Å². The molecule has 1 aromatic rings. The minimum Gasteiger partial charge on any atom is -0.481 e. The van der Waals surface area contributed by atoms with Crippen LogP contribution >= 0.6 is 0 Å². The summed E-state index contributed by atoms with van der Waals surface area (Å²) in [5, 5.41) is 9.59. The molecule has 1 aliphatic rings. The average Bonchev–Trinajstić information content (AvgIpc) is 2.52. The number of likely N-dealkylation sites (tertiary alicyclic amines) is 1. The number of ether oxygens (including phenoxy) is 1. The Labute approximate surface area is 127 Å². The summed E-state index contributed by atoms with van der Waals surface area (Å²) in [6.07, 6.45) is 1.26. The number of carbonyl (C=O) groups excluding carboxylic acids is 1. The van der Waals surface area contributed by atoms with Gasteiger partial charge in [-0.3, -0.25) is 4.79 Å². The maximum atomic E-state index is 13.3. The lowest BCUT2D eigenvalue weighted by atomic mass is 9.75. The van der Waals surface area contributed by atoms with E-state index in [2.05, 4.69) is 11.6 Å². The van der Waals surface area contributed by atoms with Crippen molar-refractivity contribution in [3.05, 3.63) is 42.5 Å². The Kier molecular flexibility index (Phi) is 4.75. The summed E-state index contributed by atoms with van der Waals surface area (Å²) in [5.74, 6) is -1.78. The van der Waals surface area contributed by atoms with Gasteiger partial charge in [-0.05, 0) is 25.0 Å². The molecule has 0 atom stereocenters. The molecule has 2 rings (SSSR count). The highest BCUT2D eigenvalue weighted by atomic mass is 19.1. The molecule has 118 valence electrons. The molecular weight excluding hydrogens is 291 g/mol. The lowest BCUT2D eigenvalue weighted by Crippen LogP contribution is -2.49. The van der Waals surface area contributed by atoms with Crippen molar-refractivity contribution in [2.45, 2.75) is 18.3 Å². The molecule has 0 spiro atoms. The van der Waals surface area contributed by atoms with Crippen LogP contribution in [-0.2, 0) is 14.9 Å². The van der Waals surface area contributed by atoms with E-state index < -0.39 is 23.4 Å². The van der Waals surface area contributed by atoms with Gasteiger partial charge in [-0.1, -0.05) is 18.7 Å². The summed E-state index contributed by atoms with van der Waals surface area (Å²) in [5.41, 5.74) is -1.10. The van der Waals surface area contributed by atoms with E-state index in [1.807, 2.05) is 0 Å². The maximum Gasteiger partial charge on any atom is 0.410 e. The normalized spacial score (nSPS) is 16.9. The number of nitrogens with zero attached hydrogens (tertiary/aromatic N) is 2. The standard InChI is InChI=1S/C15H17FN2O4/c1-2-10-22-14(21)18-8-6-15(7-9-18,13(19)20)11-4-3-5-12(16)17-11/h2-5H,1,6-10H2,(H,19,20). The molecule has 6 nitrogen and oxygen atoms in total. The van der Waals surface area contributed by atoms with E-state index in [1.165, 1.54) is 29.2 Å². The minimum absolute atomic E-state index is 0.102. The number of carbonyl (C=O) groups is 2. The van der Waals surface area contributed by atoms with Crippen molar-refractivity contribution in [1.82, 2.24) is 9.88 Å². The molecule has 1 aromatic heterocycles. The second kappa shape index (κ2) is 6.55. The fourth-order valence-electron chi connectivity index (χ4n) is 2.55. The van der Waals surface area contributed by atoms with Gasteiger partial charge < -0.3 is 14.7 Å². The number of hydrogen-bond acceptors (Lipinski definition) is 4. The van der Waals surface area contributed by atoms with Gasteiger partial charge in [0, 0.05) is 13.1 Å². The molecule has 0 aromatic carbocycles. The summed E-state index contributed by atoms with van der Waals surface area (Å²) < 4.78 is 18.2. The van der Waals surface area contributed by atoms with E-state index >= 15 is 0 Å². The Balaban J connectivity index is 2.15. The fourth-order valence-corrected chi connectivity index (χ4v) is 2.55. The zero-order valence-corrected chi connectivity index (χ0v) is 12.0. The number of hydrogen-bond donors (Lipinski definition) is 1. The zero-order valence-electron chi connectivity index (χ0n) is 12.0. The number of aromatic nitrogens is 1. The molecule has 0 unspecified atom stereocenters. The van der Waals surface area contributed by atoms with Crippen molar-refractivity contribution in [2.24, 2.45) is 0 Å². The lowest BCUT2D eigenvalue weighted by molar-refractivity contribution is -0.146. The number of piperidine rings is 1. The third kappa shape index (κ3) is 3.08. The first-order valence-electron chi connectivity index (χ1n) is 6.88. The molecule has 0 saturated carbocycles. The molecular formula is C15H17FN2O4. The van der Waals surface area contributed by atoms with Gasteiger partial charge in [0.15, 0.2) is 0 Å². The van der Waals surface area contributed by atoms with E-state index in [1.54, 1.807) is 0 Å². The highest BCUT2D eigenvalue weighted by molar-refractivity contribution is 5.81. The van der Waals surface area contributed by atoms with Crippen LogP contribution in [0.4, 0.5) is 9.18 Å². The predicted octanol–water partition coefficient (Wildman–Crippen LogP) is 1.96. The van der Waals surface area contributed by atoms with Crippen LogP contribution in [0.15, 0.2) is 30.9 Å². The maximum absolute atomic E-state index is 13.3. The Hall–Kier alpha value is -2.44. The summed E-state index contributed by atoms with van der Waals surface area (Å²) in [4.78, 5) is 28.6. The number of carboxylic acids is 1. The molecule has 1 amide bonds. The Bertz CT molecular complexity index is 583. The summed E-state index contributed by atoms with van der Waals surface area (Å²) >= 11 is 0. The largest absolute Gasteiger partial charge is 0.481 e. The Morgan fingerprint density at radius 3 is 2.68 bits per heavy atom. The van der Waals surface area contributed by atoms with Crippen molar-refractivity contribution >= 4 is 12.1 Å². The third-order valence-electron chi connectivity index (χ3n) is 3.81. The van der Waals surface area contributed by atoms with E-state index in [0.717, 1.165) is 0 Å².